The molecule has 6 nitrogen and oxygen atoms in total. The van der Waals surface area contributed by atoms with Crippen molar-refractivity contribution in [1.82, 2.24) is 9.88 Å². The summed E-state index contributed by atoms with van der Waals surface area (Å²) in [4.78, 5) is 22.2. The lowest BCUT2D eigenvalue weighted by Gasteiger charge is -2.31. The minimum atomic E-state index is -0.453. The molecule has 0 radical (unpaired) electrons. The molecule has 4 heterocycles. The van der Waals surface area contributed by atoms with Gasteiger partial charge in [0.2, 0.25) is 0 Å². The van der Waals surface area contributed by atoms with Gasteiger partial charge in [0.05, 0.1) is 24.8 Å². The molecule has 2 saturated heterocycles. The van der Waals surface area contributed by atoms with Crippen molar-refractivity contribution in [2.24, 2.45) is 11.3 Å². The summed E-state index contributed by atoms with van der Waals surface area (Å²) >= 11 is 0. The third kappa shape index (κ3) is 3.58. The highest BCUT2D eigenvalue weighted by Gasteiger charge is 2.54. The van der Waals surface area contributed by atoms with Gasteiger partial charge in [0.25, 0.3) is 0 Å². The molecule has 0 aromatic carbocycles. The zero-order valence-electron chi connectivity index (χ0n) is 15.8. The molecule has 0 amide bonds. The topological polar surface area (TPSA) is 58.8 Å². The normalized spacial score (nSPS) is 25.8. The van der Waals surface area contributed by atoms with Crippen molar-refractivity contribution in [3.63, 3.8) is 0 Å². The van der Waals surface area contributed by atoms with Gasteiger partial charge in [0.1, 0.15) is 11.6 Å². The van der Waals surface area contributed by atoms with Crippen LogP contribution in [-0.2, 0) is 16.1 Å². The average molecular weight is 369 g/mol. The van der Waals surface area contributed by atoms with Crippen LogP contribution in [0, 0.1) is 11.3 Å². The molecule has 2 atom stereocenters. The molecule has 0 saturated carbocycles. The van der Waals surface area contributed by atoms with Crippen LogP contribution in [-0.4, -0.2) is 48.6 Å². The molecule has 27 heavy (non-hydrogen) atoms. The second-order valence-corrected chi connectivity index (χ2v) is 7.56. The molecular weight excluding hydrogens is 342 g/mol. The Morgan fingerprint density at radius 2 is 2.26 bits per heavy atom. The number of hydrogen-bond acceptors (Lipinski definition) is 6. The van der Waals surface area contributed by atoms with Gasteiger partial charge in [-0.2, -0.15) is 0 Å². The van der Waals surface area contributed by atoms with Crippen molar-refractivity contribution >= 4 is 11.8 Å². The van der Waals surface area contributed by atoms with E-state index >= 15 is 0 Å². The second-order valence-electron chi connectivity index (χ2n) is 7.56. The standard InChI is InChI=1S/C21H27N3O3/c1-2-26-20(25)21-9-6-11-23(15-18-7-5-12-27-18)13-17(21)14-24(16-21)19-8-3-4-10-22-19/h3-5,7-8,10,12,17H,2,6,9,11,13-16H2,1H3/t17-,21-/m1/s1. The van der Waals surface area contributed by atoms with E-state index in [0.717, 1.165) is 50.6 Å². The minimum Gasteiger partial charge on any atom is -0.468 e. The highest BCUT2D eigenvalue weighted by atomic mass is 16.5. The number of fused-ring (bicyclic) bond motifs is 1. The first-order valence-electron chi connectivity index (χ1n) is 9.79. The maximum absolute atomic E-state index is 13.0. The van der Waals surface area contributed by atoms with E-state index in [9.17, 15) is 4.79 Å². The van der Waals surface area contributed by atoms with Gasteiger partial charge in [0, 0.05) is 31.7 Å². The third-order valence-corrected chi connectivity index (χ3v) is 5.89. The van der Waals surface area contributed by atoms with Crippen LogP contribution in [0.25, 0.3) is 0 Å². The van der Waals surface area contributed by atoms with Crippen molar-refractivity contribution in [3.8, 4) is 0 Å². The molecule has 2 aliphatic heterocycles. The summed E-state index contributed by atoms with van der Waals surface area (Å²) in [5.74, 6) is 2.08. The van der Waals surface area contributed by atoms with E-state index < -0.39 is 5.41 Å². The number of ether oxygens (including phenoxy) is 1. The molecule has 0 N–H and O–H groups in total. The summed E-state index contributed by atoms with van der Waals surface area (Å²) in [7, 11) is 0. The van der Waals surface area contributed by atoms with Crippen LogP contribution >= 0.6 is 0 Å². The predicted octanol–water partition coefficient (Wildman–Crippen LogP) is 2.96. The number of furan rings is 1. The third-order valence-electron chi connectivity index (χ3n) is 5.89. The predicted molar refractivity (Wildman–Crippen MR) is 102 cm³/mol. The number of aromatic nitrogens is 1. The molecule has 0 spiro atoms. The van der Waals surface area contributed by atoms with Crippen molar-refractivity contribution in [2.75, 3.05) is 37.7 Å². The number of pyridine rings is 1. The quantitative estimate of drug-likeness (QED) is 0.755. The first-order chi connectivity index (χ1) is 13.2. The Bertz CT molecular complexity index is 749. The van der Waals surface area contributed by atoms with E-state index in [-0.39, 0.29) is 11.9 Å². The Morgan fingerprint density at radius 1 is 1.33 bits per heavy atom. The van der Waals surface area contributed by atoms with Crippen LogP contribution in [0.4, 0.5) is 5.82 Å². The number of rotatable bonds is 5. The molecule has 0 aliphatic carbocycles. The number of carbonyl (C=O) groups excluding carboxylic acids is 1. The first-order valence-corrected chi connectivity index (χ1v) is 9.79. The summed E-state index contributed by atoms with van der Waals surface area (Å²) in [6.45, 7) is 6.44. The summed E-state index contributed by atoms with van der Waals surface area (Å²) < 4.78 is 11.1. The average Bonchev–Trinajstić information content (AvgIpc) is 3.28. The minimum absolute atomic E-state index is 0.0479. The number of nitrogens with zero attached hydrogens (tertiary/aromatic N) is 3. The van der Waals surface area contributed by atoms with Gasteiger partial charge in [-0.1, -0.05) is 6.07 Å². The summed E-state index contributed by atoms with van der Waals surface area (Å²) in [5.41, 5.74) is -0.453. The van der Waals surface area contributed by atoms with E-state index in [4.69, 9.17) is 9.15 Å². The van der Waals surface area contributed by atoms with Crippen molar-refractivity contribution in [2.45, 2.75) is 26.3 Å². The Balaban J connectivity index is 1.58. The van der Waals surface area contributed by atoms with Crippen molar-refractivity contribution in [1.29, 1.82) is 0 Å². The molecule has 2 aromatic heterocycles. The maximum Gasteiger partial charge on any atom is 0.314 e. The van der Waals surface area contributed by atoms with Gasteiger partial charge < -0.3 is 14.1 Å². The van der Waals surface area contributed by atoms with Crippen LogP contribution in [0.3, 0.4) is 0 Å². The molecule has 144 valence electrons. The SMILES string of the molecule is CCOC(=O)[C@@]12CCCN(Cc3ccco3)C[C@@H]1CN(c1ccccn1)C2. The second kappa shape index (κ2) is 7.72. The molecule has 2 aromatic rings. The van der Waals surface area contributed by atoms with E-state index in [1.54, 1.807) is 6.26 Å². The molecule has 2 aliphatic rings. The summed E-state index contributed by atoms with van der Waals surface area (Å²) in [6, 6.07) is 9.87. The smallest absolute Gasteiger partial charge is 0.314 e. The highest BCUT2D eigenvalue weighted by molar-refractivity contribution is 5.79. The van der Waals surface area contributed by atoms with Crippen molar-refractivity contribution < 1.29 is 13.9 Å². The molecular formula is C21H27N3O3. The molecule has 2 fully saturated rings. The van der Waals surface area contributed by atoms with Crippen LogP contribution < -0.4 is 4.90 Å². The molecule has 0 unspecified atom stereocenters. The zero-order valence-corrected chi connectivity index (χ0v) is 15.8. The fourth-order valence-electron chi connectivity index (χ4n) is 4.60. The fourth-order valence-corrected chi connectivity index (χ4v) is 4.60. The summed E-state index contributed by atoms with van der Waals surface area (Å²) in [6.07, 6.45) is 5.36. The van der Waals surface area contributed by atoms with Crippen LogP contribution in [0.15, 0.2) is 47.2 Å². The maximum atomic E-state index is 13.0. The number of hydrogen-bond donors (Lipinski definition) is 0. The van der Waals surface area contributed by atoms with Gasteiger partial charge in [-0.25, -0.2) is 4.98 Å². The summed E-state index contributed by atoms with van der Waals surface area (Å²) in [5, 5.41) is 0. The van der Waals surface area contributed by atoms with E-state index in [1.807, 2.05) is 43.5 Å². The largest absolute Gasteiger partial charge is 0.468 e. The lowest BCUT2D eigenvalue weighted by Crippen LogP contribution is -2.42. The number of anilines is 1. The molecule has 4 rings (SSSR count). The van der Waals surface area contributed by atoms with Gasteiger partial charge >= 0.3 is 5.97 Å². The Labute approximate surface area is 160 Å². The van der Waals surface area contributed by atoms with Gasteiger partial charge in [0.15, 0.2) is 0 Å². The number of carbonyl (C=O) groups is 1. The fraction of sp³-hybridized carbons (Fsp3) is 0.524. The first kappa shape index (κ1) is 18.0. The monoisotopic (exact) mass is 369 g/mol. The lowest BCUT2D eigenvalue weighted by molar-refractivity contribution is -0.157. The lowest BCUT2D eigenvalue weighted by atomic mass is 9.75. The van der Waals surface area contributed by atoms with E-state index in [2.05, 4.69) is 14.8 Å². The van der Waals surface area contributed by atoms with Gasteiger partial charge in [-0.05, 0) is 50.6 Å². The Hall–Kier alpha value is -2.34. The van der Waals surface area contributed by atoms with Crippen molar-refractivity contribution in [3.05, 3.63) is 48.6 Å². The van der Waals surface area contributed by atoms with E-state index in [0.29, 0.717) is 13.2 Å². The Kier molecular flexibility index (Phi) is 5.16. The molecule has 0 bridgehead atoms. The Morgan fingerprint density at radius 3 is 3.00 bits per heavy atom. The number of esters is 1. The molecule has 6 heteroatoms. The number of likely N-dealkylation sites (tertiary alicyclic amines) is 1. The van der Waals surface area contributed by atoms with Gasteiger partial charge in [-0.3, -0.25) is 9.69 Å². The van der Waals surface area contributed by atoms with Crippen LogP contribution in [0.5, 0.6) is 0 Å². The van der Waals surface area contributed by atoms with Gasteiger partial charge in [-0.15, -0.1) is 0 Å². The highest BCUT2D eigenvalue weighted by Crippen LogP contribution is 2.45. The van der Waals surface area contributed by atoms with E-state index in [1.165, 1.54) is 0 Å². The zero-order chi connectivity index (χ0) is 18.7. The van der Waals surface area contributed by atoms with Crippen LogP contribution in [0.1, 0.15) is 25.5 Å². The van der Waals surface area contributed by atoms with Crippen LogP contribution in [0.2, 0.25) is 0 Å².